The maximum Gasteiger partial charge on any atom is 0.220 e. The molecule has 0 spiro atoms. The Labute approximate surface area is 114 Å². The largest absolute Gasteiger partial charge is 0.356 e. The van der Waals surface area contributed by atoms with Crippen LogP contribution >= 0.6 is 0 Å². The Balaban J connectivity index is 1.58. The van der Waals surface area contributed by atoms with Crippen LogP contribution in [0.15, 0.2) is 6.07 Å². The second-order valence-corrected chi connectivity index (χ2v) is 5.78. The molecule has 1 N–H and O–H groups in total. The van der Waals surface area contributed by atoms with Gasteiger partial charge in [0.1, 0.15) is 0 Å². The molecule has 1 fully saturated rings. The zero-order chi connectivity index (χ0) is 13.2. The van der Waals surface area contributed by atoms with Gasteiger partial charge >= 0.3 is 0 Å². The van der Waals surface area contributed by atoms with Crippen molar-refractivity contribution in [2.24, 2.45) is 5.92 Å². The first kappa shape index (κ1) is 12.7. The Kier molecular flexibility index (Phi) is 3.55. The number of rotatable bonds is 2. The lowest BCUT2D eigenvalue weighted by Gasteiger charge is -2.30. The summed E-state index contributed by atoms with van der Waals surface area (Å²) in [6.45, 7) is 7.07. The lowest BCUT2D eigenvalue weighted by Crippen LogP contribution is -2.37. The lowest BCUT2D eigenvalue weighted by atomic mass is 9.99. The summed E-state index contributed by atoms with van der Waals surface area (Å²) in [7, 11) is 0. The molecule has 3 heterocycles. The molecule has 5 nitrogen and oxygen atoms in total. The molecule has 1 aromatic heterocycles. The van der Waals surface area contributed by atoms with E-state index in [0.717, 1.165) is 51.3 Å². The van der Waals surface area contributed by atoms with Crippen molar-refractivity contribution in [2.75, 3.05) is 19.6 Å². The van der Waals surface area contributed by atoms with E-state index in [2.05, 4.69) is 33.0 Å². The minimum atomic E-state index is 0.217. The smallest absolute Gasteiger partial charge is 0.220 e. The number of fused-ring (bicyclic) bond motifs is 1. The molecular formula is C14H22N4O. The van der Waals surface area contributed by atoms with Crippen molar-refractivity contribution < 1.29 is 4.79 Å². The average Bonchev–Trinajstić information content (AvgIpc) is 2.62. The fourth-order valence-corrected chi connectivity index (χ4v) is 3.15. The number of hydrogen-bond donors (Lipinski definition) is 1. The molecule has 0 saturated carbocycles. The summed E-state index contributed by atoms with van der Waals surface area (Å²) < 4.78 is 2.13. The van der Waals surface area contributed by atoms with E-state index < -0.39 is 0 Å². The van der Waals surface area contributed by atoms with Crippen molar-refractivity contribution in [3.63, 3.8) is 0 Å². The fourth-order valence-electron chi connectivity index (χ4n) is 3.15. The number of carbonyl (C=O) groups is 1. The van der Waals surface area contributed by atoms with Crippen LogP contribution < -0.4 is 5.32 Å². The van der Waals surface area contributed by atoms with Crippen LogP contribution in [0.1, 0.15) is 30.7 Å². The van der Waals surface area contributed by atoms with Gasteiger partial charge in [-0.15, -0.1) is 0 Å². The zero-order valence-corrected chi connectivity index (χ0v) is 11.6. The normalized spacial score (nSPS) is 24.7. The van der Waals surface area contributed by atoms with E-state index in [1.54, 1.807) is 0 Å². The predicted molar refractivity (Wildman–Crippen MR) is 72.6 cm³/mol. The summed E-state index contributed by atoms with van der Waals surface area (Å²) in [6.07, 6.45) is 2.83. The van der Waals surface area contributed by atoms with Gasteiger partial charge in [0.05, 0.1) is 17.9 Å². The van der Waals surface area contributed by atoms with E-state index in [-0.39, 0.29) is 5.91 Å². The second kappa shape index (κ2) is 5.33. The highest BCUT2D eigenvalue weighted by atomic mass is 16.1. The van der Waals surface area contributed by atoms with Gasteiger partial charge in [0.15, 0.2) is 0 Å². The summed E-state index contributed by atoms with van der Waals surface area (Å²) >= 11 is 0. The molecule has 3 rings (SSSR count). The molecule has 1 aromatic rings. The second-order valence-electron chi connectivity index (χ2n) is 5.78. The van der Waals surface area contributed by atoms with Crippen LogP contribution in [0, 0.1) is 12.8 Å². The standard InChI is InChI=1S/C14H22N4O/c1-11-8-13-10-17(6-7-18(13)16-11)9-12-2-3-14(19)15-5-4-12/h8,12H,2-7,9-10H2,1H3,(H,15,19). The van der Waals surface area contributed by atoms with Crippen molar-refractivity contribution in [2.45, 2.75) is 39.3 Å². The fraction of sp³-hybridized carbons (Fsp3) is 0.714. The van der Waals surface area contributed by atoms with Crippen molar-refractivity contribution in [1.82, 2.24) is 20.0 Å². The number of amides is 1. The number of nitrogens with one attached hydrogen (secondary N) is 1. The molecule has 0 aliphatic carbocycles. The predicted octanol–water partition coefficient (Wildman–Crippen LogP) is 0.923. The summed E-state index contributed by atoms with van der Waals surface area (Å²) in [5, 5.41) is 7.45. The number of aromatic nitrogens is 2. The number of carbonyl (C=O) groups excluding carboxylic acids is 1. The van der Waals surface area contributed by atoms with E-state index >= 15 is 0 Å². The van der Waals surface area contributed by atoms with E-state index in [4.69, 9.17) is 0 Å². The lowest BCUT2D eigenvalue weighted by molar-refractivity contribution is -0.120. The van der Waals surface area contributed by atoms with Crippen molar-refractivity contribution in [3.8, 4) is 0 Å². The Hall–Kier alpha value is -1.36. The first-order chi connectivity index (χ1) is 9.20. The summed E-state index contributed by atoms with van der Waals surface area (Å²) in [4.78, 5) is 13.9. The minimum Gasteiger partial charge on any atom is -0.356 e. The first-order valence-corrected chi connectivity index (χ1v) is 7.23. The van der Waals surface area contributed by atoms with Gasteiger partial charge in [-0.25, -0.2) is 0 Å². The molecule has 1 unspecified atom stereocenters. The third-order valence-corrected chi connectivity index (χ3v) is 4.17. The van der Waals surface area contributed by atoms with Crippen LogP contribution in [0.4, 0.5) is 0 Å². The van der Waals surface area contributed by atoms with E-state index in [9.17, 15) is 4.79 Å². The van der Waals surface area contributed by atoms with E-state index in [1.165, 1.54) is 5.69 Å². The third kappa shape index (κ3) is 2.97. The Morgan fingerprint density at radius 3 is 3.21 bits per heavy atom. The van der Waals surface area contributed by atoms with Crippen LogP contribution in [0.5, 0.6) is 0 Å². The highest BCUT2D eigenvalue weighted by Gasteiger charge is 2.22. The molecule has 1 amide bonds. The molecular weight excluding hydrogens is 240 g/mol. The topological polar surface area (TPSA) is 50.2 Å². The quantitative estimate of drug-likeness (QED) is 0.862. The van der Waals surface area contributed by atoms with Gasteiger partial charge in [0.25, 0.3) is 0 Å². The maximum atomic E-state index is 11.4. The van der Waals surface area contributed by atoms with Crippen molar-refractivity contribution in [1.29, 1.82) is 0 Å². The van der Waals surface area contributed by atoms with Crippen LogP contribution in [0.3, 0.4) is 0 Å². The Morgan fingerprint density at radius 2 is 2.32 bits per heavy atom. The van der Waals surface area contributed by atoms with Crippen molar-refractivity contribution >= 4 is 5.91 Å². The highest BCUT2D eigenvalue weighted by molar-refractivity contribution is 5.76. The average molecular weight is 262 g/mol. The van der Waals surface area contributed by atoms with Gasteiger partial charge in [-0.05, 0) is 31.7 Å². The molecule has 1 atom stereocenters. The molecule has 0 bridgehead atoms. The van der Waals surface area contributed by atoms with Crippen LogP contribution in [-0.2, 0) is 17.9 Å². The maximum absolute atomic E-state index is 11.4. The minimum absolute atomic E-state index is 0.217. The van der Waals surface area contributed by atoms with Gasteiger partial charge in [-0.1, -0.05) is 0 Å². The molecule has 104 valence electrons. The monoisotopic (exact) mass is 262 g/mol. The van der Waals surface area contributed by atoms with E-state index in [0.29, 0.717) is 12.3 Å². The third-order valence-electron chi connectivity index (χ3n) is 4.17. The molecule has 2 aliphatic rings. The molecule has 5 heteroatoms. The number of hydrogen-bond acceptors (Lipinski definition) is 3. The van der Waals surface area contributed by atoms with Crippen LogP contribution in [0.25, 0.3) is 0 Å². The Morgan fingerprint density at radius 1 is 1.42 bits per heavy atom. The highest BCUT2D eigenvalue weighted by Crippen LogP contribution is 2.19. The SMILES string of the molecule is Cc1cc2n(n1)CCN(CC1CCNC(=O)CC1)C2. The summed E-state index contributed by atoms with van der Waals surface area (Å²) in [5.41, 5.74) is 2.44. The van der Waals surface area contributed by atoms with Crippen LogP contribution in [-0.4, -0.2) is 40.2 Å². The van der Waals surface area contributed by atoms with Gasteiger partial charge in [-0.2, -0.15) is 5.10 Å². The van der Waals surface area contributed by atoms with Gasteiger partial charge in [0, 0.05) is 32.6 Å². The zero-order valence-electron chi connectivity index (χ0n) is 11.6. The van der Waals surface area contributed by atoms with Crippen LogP contribution in [0.2, 0.25) is 0 Å². The summed E-state index contributed by atoms with van der Waals surface area (Å²) in [6, 6.07) is 2.18. The molecule has 1 saturated heterocycles. The number of nitrogens with zero attached hydrogens (tertiary/aromatic N) is 3. The molecule has 19 heavy (non-hydrogen) atoms. The number of aryl methyl sites for hydroxylation is 1. The summed E-state index contributed by atoms with van der Waals surface area (Å²) in [5.74, 6) is 0.865. The molecule has 2 aliphatic heterocycles. The van der Waals surface area contributed by atoms with Gasteiger partial charge in [0.2, 0.25) is 5.91 Å². The van der Waals surface area contributed by atoms with Gasteiger partial charge < -0.3 is 5.32 Å². The van der Waals surface area contributed by atoms with E-state index in [1.807, 2.05) is 0 Å². The molecule has 0 radical (unpaired) electrons. The molecule has 0 aromatic carbocycles. The van der Waals surface area contributed by atoms with Crippen molar-refractivity contribution in [3.05, 3.63) is 17.5 Å². The Bertz CT molecular complexity index is 468. The first-order valence-electron chi connectivity index (χ1n) is 7.23. The van der Waals surface area contributed by atoms with Gasteiger partial charge in [-0.3, -0.25) is 14.4 Å².